The van der Waals surface area contributed by atoms with Crippen molar-refractivity contribution in [1.29, 1.82) is 0 Å². The lowest BCUT2D eigenvalue weighted by molar-refractivity contribution is -0.131. The summed E-state index contributed by atoms with van der Waals surface area (Å²) in [7, 11) is 0. The fraction of sp³-hybridized carbons (Fsp3) is 0.667. The van der Waals surface area contributed by atoms with Gasteiger partial charge in [0, 0.05) is 12.7 Å². The standard InChI is InChI=1S/C9H16O3/c1-9(2,6-7-10)5-3-4-8(11)12/h3-4,10H,5-7H2,1-2H3,(H,11,12)/b4-3+. The number of hydrogen-bond acceptors (Lipinski definition) is 2. The van der Waals surface area contributed by atoms with Gasteiger partial charge in [-0.25, -0.2) is 4.79 Å². The monoisotopic (exact) mass is 172 g/mol. The van der Waals surface area contributed by atoms with Crippen molar-refractivity contribution < 1.29 is 15.0 Å². The Hall–Kier alpha value is -0.830. The van der Waals surface area contributed by atoms with Gasteiger partial charge in [-0.2, -0.15) is 0 Å². The highest BCUT2D eigenvalue weighted by Gasteiger charge is 2.14. The molecule has 2 N–H and O–H groups in total. The molecule has 3 heteroatoms. The number of aliphatic hydroxyl groups is 1. The Morgan fingerprint density at radius 1 is 1.50 bits per heavy atom. The maximum Gasteiger partial charge on any atom is 0.327 e. The first-order valence-corrected chi connectivity index (χ1v) is 3.98. The summed E-state index contributed by atoms with van der Waals surface area (Å²) in [4.78, 5) is 10.1. The highest BCUT2D eigenvalue weighted by molar-refractivity contribution is 5.79. The van der Waals surface area contributed by atoms with Gasteiger partial charge >= 0.3 is 5.97 Å². The van der Waals surface area contributed by atoms with Crippen molar-refractivity contribution in [3.8, 4) is 0 Å². The number of rotatable bonds is 5. The van der Waals surface area contributed by atoms with Crippen molar-refractivity contribution in [2.45, 2.75) is 26.7 Å². The third-order valence-corrected chi connectivity index (χ3v) is 1.72. The molecule has 12 heavy (non-hydrogen) atoms. The fourth-order valence-corrected chi connectivity index (χ4v) is 0.884. The highest BCUT2D eigenvalue weighted by atomic mass is 16.4. The molecule has 0 spiro atoms. The number of hydrogen-bond donors (Lipinski definition) is 2. The second kappa shape index (κ2) is 4.93. The molecule has 3 nitrogen and oxygen atoms in total. The normalized spacial score (nSPS) is 12.2. The number of allylic oxidation sites excluding steroid dienone is 1. The van der Waals surface area contributed by atoms with Crippen LogP contribution in [0, 0.1) is 5.41 Å². The zero-order chi connectivity index (χ0) is 9.61. The fourth-order valence-electron chi connectivity index (χ4n) is 0.884. The van der Waals surface area contributed by atoms with Crippen LogP contribution in [0.3, 0.4) is 0 Å². The molecule has 0 fully saturated rings. The summed E-state index contributed by atoms with van der Waals surface area (Å²) in [6, 6.07) is 0. The number of carboxylic acids is 1. The molecule has 0 radical (unpaired) electrons. The lowest BCUT2D eigenvalue weighted by Crippen LogP contribution is -2.12. The summed E-state index contributed by atoms with van der Waals surface area (Å²) in [6.07, 6.45) is 4.13. The first kappa shape index (κ1) is 11.2. The van der Waals surface area contributed by atoms with E-state index in [1.54, 1.807) is 6.08 Å². The number of carboxylic acid groups (broad SMARTS) is 1. The molecule has 0 aliphatic carbocycles. The van der Waals surface area contributed by atoms with Crippen LogP contribution in [0.4, 0.5) is 0 Å². The summed E-state index contributed by atoms with van der Waals surface area (Å²) < 4.78 is 0. The van der Waals surface area contributed by atoms with Crippen LogP contribution in [0.15, 0.2) is 12.2 Å². The molecule has 0 heterocycles. The van der Waals surface area contributed by atoms with E-state index >= 15 is 0 Å². The van der Waals surface area contributed by atoms with E-state index in [2.05, 4.69) is 0 Å². The van der Waals surface area contributed by atoms with Gasteiger partial charge in [0.05, 0.1) is 0 Å². The van der Waals surface area contributed by atoms with Gasteiger partial charge in [-0.05, 0) is 18.3 Å². The van der Waals surface area contributed by atoms with Gasteiger partial charge in [0.25, 0.3) is 0 Å². The van der Waals surface area contributed by atoms with Crippen LogP contribution in [0.1, 0.15) is 26.7 Å². The molecule has 0 aromatic carbocycles. The van der Waals surface area contributed by atoms with Gasteiger partial charge in [-0.15, -0.1) is 0 Å². The second-order valence-electron chi connectivity index (χ2n) is 3.58. The molecule has 0 saturated carbocycles. The Labute approximate surface area is 72.7 Å². The molecule has 0 rings (SSSR count). The van der Waals surface area contributed by atoms with E-state index in [4.69, 9.17) is 10.2 Å². The first-order valence-electron chi connectivity index (χ1n) is 3.98. The summed E-state index contributed by atoms with van der Waals surface area (Å²) in [5.41, 5.74) is -0.0132. The molecule has 0 saturated heterocycles. The third-order valence-electron chi connectivity index (χ3n) is 1.72. The maximum absolute atomic E-state index is 10.1. The maximum atomic E-state index is 10.1. The predicted molar refractivity (Wildman–Crippen MR) is 46.9 cm³/mol. The average molecular weight is 172 g/mol. The summed E-state index contributed by atoms with van der Waals surface area (Å²) in [5, 5.41) is 17.0. The van der Waals surface area contributed by atoms with Crippen LogP contribution in [-0.4, -0.2) is 22.8 Å². The van der Waals surface area contributed by atoms with Crippen LogP contribution in [0.5, 0.6) is 0 Å². The minimum absolute atomic E-state index is 0.0132. The van der Waals surface area contributed by atoms with Gasteiger partial charge in [0.15, 0.2) is 0 Å². The number of aliphatic carboxylic acids is 1. The lowest BCUT2D eigenvalue weighted by Gasteiger charge is -2.20. The summed E-state index contributed by atoms with van der Waals surface area (Å²) in [5.74, 6) is -0.921. The van der Waals surface area contributed by atoms with Gasteiger partial charge in [0.2, 0.25) is 0 Å². The Balaban J connectivity index is 3.82. The van der Waals surface area contributed by atoms with Crippen molar-refractivity contribution in [2.24, 2.45) is 5.41 Å². The molecular weight excluding hydrogens is 156 g/mol. The second-order valence-corrected chi connectivity index (χ2v) is 3.58. The quantitative estimate of drug-likeness (QED) is 0.617. The SMILES string of the molecule is CC(C)(C/C=C/C(=O)O)CCO. The van der Waals surface area contributed by atoms with Crippen molar-refractivity contribution in [2.75, 3.05) is 6.61 Å². The van der Waals surface area contributed by atoms with Crippen LogP contribution >= 0.6 is 0 Å². The Kier molecular flexibility index (Phi) is 4.59. The van der Waals surface area contributed by atoms with Gasteiger partial charge < -0.3 is 10.2 Å². The topological polar surface area (TPSA) is 57.5 Å². The van der Waals surface area contributed by atoms with Gasteiger partial charge in [-0.1, -0.05) is 19.9 Å². The molecule has 0 aromatic heterocycles. The Bertz CT molecular complexity index is 171. The molecule has 0 bridgehead atoms. The van der Waals surface area contributed by atoms with Gasteiger partial charge in [0.1, 0.15) is 0 Å². The van der Waals surface area contributed by atoms with E-state index in [0.717, 1.165) is 6.08 Å². The van der Waals surface area contributed by atoms with E-state index in [1.165, 1.54) is 0 Å². The molecule has 0 atom stereocenters. The van der Waals surface area contributed by atoms with Crippen LogP contribution in [0.2, 0.25) is 0 Å². The molecule has 0 unspecified atom stereocenters. The zero-order valence-electron chi connectivity index (χ0n) is 7.58. The van der Waals surface area contributed by atoms with E-state index in [1.807, 2.05) is 13.8 Å². The summed E-state index contributed by atoms with van der Waals surface area (Å²) in [6.45, 7) is 4.14. The minimum atomic E-state index is -0.921. The van der Waals surface area contributed by atoms with Gasteiger partial charge in [-0.3, -0.25) is 0 Å². The van der Waals surface area contributed by atoms with Crippen LogP contribution in [-0.2, 0) is 4.79 Å². The van der Waals surface area contributed by atoms with Crippen LogP contribution < -0.4 is 0 Å². The molecule has 0 amide bonds. The van der Waals surface area contributed by atoms with E-state index in [9.17, 15) is 4.79 Å². The van der Waals surface area contributed by atoms with E-state index < -0.39 is 5.97 Å². The van der Waals surface area contributed by atoms with E-state index in [0.29, 0.717) is 12.8 Å². The average Bonchev–Trinajstić information content (AvgIpc) is 1.85. The highest BCUT2D eigenvalue weighted by Crippen LogP contribution is 2.24. The Morgan fingerprint density at radius 2 is 2.08 bits per heavy atom. The van der Waals surface area contributed by atoms with Crippen molar-refractivity contribution >= 4 is 5.97 Å². The predicted octanol–water partition coefficient (Wildman–Crippen LogP) is 1.43. The molecular formula is C9H16O3. The molecule has 0 aliphatic rings. The van der Waals surface area contributed by atoms with Crippen LogP contribution in [0.25, 0.3) is 0 Å². The van der Waals surface area contributed by atoms with Crippen molar-refractivity contribution in [3.63, 3.8) is 0 Å². The number of aliphatic hydroxyl groups excluding tert-OH is 1. The smallest absolute Gasteiger partial charge is 0.327 e. The molecule has 0 aliphatic heterocycles. The first-order chi connectivity index (χ1) is 5.48. The molecule has 0 aromatic rings. The lowest BCUT2D eigenvalue weighted by atomic mass is 9.86. The third kappa shape index (κ3) is 5.92. The Morgan fingerprint density at radius 3 is 2.50 bits per heavy atom. The zero-order valence-corrected chi connectivity index (χ0v) is 7.58. The molecule has 70 valence electrons. The van der Waals surface area contributed by atoms with Crippen molar-refractivity contribution in [3.05, 3.63) is 12.2 Å². The summed E-state index contributed by atoms with van der Waals surface area (Å²) >= 11 is 0. The van der Waals surface area contributed by atoms with E-state index in [-0.39, 0.29) is 12.0 Å². The minimum Gasteiger partial charge on any atom is -0.478 e. The largest absolute Gasteiger partial charge is 0.478 e. The van der Waals surface area contributed by atoms with Crippen molar-refractivity contribution in [1.82, 2.24) is 0 Å². The number of carbonyl (C=O) groups is 1.